The first-order valence-electron chi connectivity index (χ1n) is 8.95. The van der Waals surface area contributed by atoms with Crippen molar-refractivity contribution < 1.29 is 4.79 Å². The maximum Gasteiger partial charge on any atom is 0.271 e. The average Bonchev–Trinajstić information content (AvgIpc) is 3.33. The Labute approximate surface area is 175 Å². The molecule has 0 atom stereocenters. The molecule has 0 bridgehead atoms. The van der Waals surface area contributed by atoms with E-state index in [4.69, 9.17) is 0 Å². The van der Waals surface area contributed by atoms with Gasteiger partial charge in [0.25, 0.3) is 5.56 Å². The van der Waals surface area contributed by atoms with Gasteiger partial charge in [-0.25, -0.2) is 9.67 Å². The number of nitrogens with one attached hydrogen (secondary N) is 1. The van der Waals surface area contributed by atoms with Gasteiger partial charge in [-0.1, -0.05) is 41.6 Å². The summed E-state index contributed by atoms with van der Waals surface area (Å²) in [7, 11) is 1.67. The van der Waals surface area contributed by atoms with Gasteiger partial charge in [0.2, 0.25) is 5.91 Å². The van der Waals surface area contributed by atoms with Crippen molar-refractivity contribution in [1.82, 2.24) is 19.3 Å². The van der Waals surface area contributed by atoms with Crippen LogP contribution in [-0.4, -0.2) is 31.0 Å². The average molecular weight is 426 g/mol. The molecule has 1 amide bonds. The van der Waals surface area contributed by atoms with Gasteiger partial charge in [-0.05, 0) is 23.9 Å². The number of nitrogens with zero attached hydrogens (tertiary/aromatic N) is 4. The highest BCUT2D eigenvalue weighted by Gasteiger charge is 2.13. The van der Waals surface area contributed by atoms with Crippen LogP contribution in [0.2, 0.25) is 0 Å². The Morgan fingerprint density at radius 1 is 1.28 bits per heavy atom. The van der Waals surface area contributed by atoms with E-state index >= 15 is 0 Å². The number of fused-ring (bicyclic) bond motifs is 1. The van der Waals surface area contributed by atoms with Gasteiger partial charge in [-0.2, -0.15) is 5.10 Å². The van der Waals surface area contributed by atoms with Crippen molar-refractivity contribution in [2.75, 3.05) is 11.1 Å². The van der Waals surface area contributed by atoms with Crippen LogP contribution in [0.25, 0.3) is 10.2 Å². The van der Waals surface area contributed by atoms with Crippen molar-refractivity contribution in [3.8, 4) is 0 Å². The highest BCUT2D eigenvalue weighted by atomic mass is 32.2. The van der Waals surface area contributed by atoms with E-state index in [1.165, 1.54) is 33.2 Å². The molecule has 3 aromatic heterocycles. The van der Waals surface area contributed by atoms with E-state index in [1.54, 1.807) is 24.0 Å². The zero-order chi connectivity index (χ0) is 20.4. The Morgan fingerprint density at radius 3 is 2.97 bits per heavy atom. The molecule has 29 heavy (non-hydrogen) atoms. The van der Waals surface area contributed by atoms with Gasteiger partial charge in [0.1, 0.15) is 10.5 Å². The van der Waals surface area contributed by atoms with E-state index in [0.717, 1.165) is 5.56 Å². The van der Waals surface area contributed by atoms with Gasteiger partial charge in [0.15, 0.2) is 5.16 Å². The first-order chi connectivity index (χ1) is 14.0. The molecule has 0 spiro atoms. The van der Waals surface area contributed by atoms with Crippen molar-refractivity contribution in [3.05, 3.63) is 69.5 Å². The van der Waals surface area contributed by atoms with Crippen LogP contribution in [0.15, 0.2) is 57.9 Å². The Kier molecular flexibility index (Phi) is 5.50. The van der Waals surface area contributed by atoms with E-state index in [-0.39, 0.29) is 17.2 Å². The third-order valence-electron chi connectivity index (χ3n) is 4.38. The molecule has 4 aromatic rings. The Bertz CT molecular complexity index is 1240. The number of anilines is 1. The maximum absolute atomic E-state index is 12.5. The molecule has 0 radical (unpaired) electrons. The third kappa shape index (κ3) is 4.25. The molecule has 1 N–H and O–H groups in total. The van der Waals surface area contributed by atoms with Crippen LogP contribution in [0, 0.1) is 6.92 Å². The summed E-state index contributed by atoms with van der Waals surface area (Å²) in [6, 6.07) is 11.8. The molecule has 1 aromatic carbocycles. The summed E-state index contributed by atoms with van der Waals surface area (Å²) >= 11 is 2.61. The van der Waals surface area contributed by atoms with E-state index in [9.17, 15) is 9.59 Å². The number of carbonyl (C=O) groups is 1. The van der Waals surface area contributed by atoms with Gasteiger partial charge < -0.3 is 5.32 Å². The molecule has 0 aliphatic carbocycles. The fourth-order valence-corrected chi connectivity index (χ4v) is 4.53. The number of rotatable bonds is 6. The monoisotopic (exact) mass is 425 g/mol. The summed E-state index contributed by atoms with van der Waals surface area (Å²) in [6.45, 7) is 2.61. The summed E-state index contributed by atoms with van der Waals surface area (Å²) in [6.07, 6.45) is 1.66. The minimum absolute atomic E-state index is 0.0934. The molecular formula is C20H19N5O2S2. The lowest BCUT2D eigenvalue weighted by atomic mass is 10.1. The fraction of sp³-hybridized carbons (Fsp3) is 0.200. The molecule has 0 saturated carbocycles. The maximum atomic E-state index is 12.5. The minimum Gasteiger partial charge on any atom is -0.310 e. The number of thioether (sulfide) groups is 1. The molecule has 0 saturated heterocycles. The summed E-state index contributed by atoms with van der Waals surface area (Å²) in [5.41, 5.74) is 2.86. The van der Waals surface area contributed by atoms with Crippen molar-refractivity contribution in [2.45, 2.75) is 18.6 Å². The van der Waals surface area contributed by atoms with E-state index in [2.05, 4.69) is 21.5 Å². The zero-order valence-electron chi connectivity index (χ0n) is 16.0. The smallest absolute Gasteiger partial charge is 0.271 e. The molecule has 148 valence electrons. The summed E-state index contributed by atoms with van der Waals surface area (Å²) in [5.74, 6) is 0.596. The molecule has 0 fully saturated rings. The number of thiophene rings is 1. The number of amides is 1. The Hall–Kier alpha value is -2.91. The van der Waals surface area contributed by atoms with Crippen LogP contribution >= 0.6 is 23.1 Å². The normalized spacial score (nSPS) is 11.1. The quantitative estimate of drug-likeness (QED) is 0.379. The molecule has 4 rings (SSSR count). The summed E-state index contributed by atoms with van der Waals surface area (Å²) in [5, 5.41) is 9.56. The zero-order valence-corrected chi connectivity index (χ0v) is 17.6. The number of aromatic nitrogens is 4. The van der Waals surface area contributed by atoms with Crippen molar-refractivity contribution in [3.63, 3.8) is 0 Å². The summed E-state index contributed by atoms with van der Waals surface area (Å²) < 4.78 is 3.86. The lowest BCUT2D eigenvalue weighted by Crippen LogP contribution is -2.21. The SMILES string of the molecule is Cc1cccc(Cn2nccc2NC(=O)CSc2nc3ccsc3c(=O)n2C)c1. The van der Waals surface area contributed by atoms with E-state index in [0.29, 0.717) is 27.7 Å². The molecule has 0 aliphatic heterocycles. The molecule has 0 unspecified atom stereocenters. The van der Waals surface area contributed by atoms with Crippen LogP contribution in [0.5, 0.6) is 0 Å². The molecule has 7 nitrogen and oxygen atoms in total. The van der Waals surface area contributed by atoms with Gasteiger partial charge in [-0.15, -0.1) is 11.3 Å². The first kappa shape index (κ1) is 19.4. The van der Waals surface area contributed by atoms with Crippen molar-refractivity contribution in [2.24, 2.45) is 7.05 Å². The van der Waals surface area contributed by atoms with Crippen LogP contribution in [0.4, 0.5) is 5.82 Å². The number of benzene rings is 1. The predicted octanol–water partition coefficient (Wildman–Crippen LogP) is 3.28. The number of carbonyl (C=O) groups excluding carboxylic acids is 1. The number of hydrogen-bond acceptors (Lipinski definition) is 6. The van der Waals surface area contributed by atoms with Crippen molar-refractivity contribution >= 4 is 45.0 Å². The third-order valence-corrected chi connectivity index (χ3v) is 6.30. The second kappa shape index (κ2) is 8.22. The highest BCUT2D eigenvalue weighted by molar-refractivity contribution is 7.99. The second-order valence-electron chi connectivity index (χ2n) is 6.59. The predicted molar refractivity (Wildman–Crippen MR) is 117 cm³/mol. The van der Waals surface area contributed by atoms with Gasteiger partial charge >= 0.3 is 0 Å². The number of hydrogen-bond donors (Lipinski definition) is 1. The standard InChI is InChI=1S/C20H19N5O2S2/c1-13-4-3-5-14(10-13)11-25-16(6-8-21-25)23-17(26)12-29-20-22-15-7-9-28-18(15)19(27)24(20)2/h3-10H,11-12H2,1-2H3,(H,23,26). The largest absolute Gasteiger partial charge is 0.310 e. The summed E-state index contributed by atoms with van der Waals surface area (Å²) in [4.78, 5) is 29.3. The van der Waals surface area contributed by atoms with Crippen LogP contribution in [0.3, 0.4) is 0 Å². The Balaban J connectivity index is 1.43. The van der Waals surface area contributed by atoms with E-state index in [1.807, 2.05) is 36.6 Å². The lowest BCUT2D eigenvalue weighted by molar-refractivity contribution is -0.113. The van der Waals surface area contributed by atoms with E-state index < -0.39 is 0 Å². The second-order valence-corrected chi connectivity index (χ2v) is 8.45. The fourth-order valence-electron chi connectivity index (χ4n) is 2.95. The van der Waals surface area contributed by atoms with Gasteiger partial charge in [0.05, 0.1) is 24.0 Å². The minimum atomic E-state index is -0.180. The van der Waals surface area contributed by atoms with Crippen LogP contribution in [-0.2, 0) is 18.4 Å². The first-order valence-corrected chi connectivity index (χ1v) is 10.8. The topological polar surface area (TPSA) is 81.8 Å². The lowest BCUT2D eigenvalue weighted by Gasteiger charge is -2.10. The van der Waals surface area contributed by atoms with Crippen LogP contribution in [0.1, 0.15) is 11.1 Å². The molecule has 0 aliphatic rings. The van der Waals surface area contributed by atoms with Crippen LogP contribution < -0.4 is 10.9 Å². The van der Waals surface area contributed by atoms with Gasteiger partial charge in [0, 0.05) is 13.1 Å². The Morgan fingerprint density at radius 2 is 2.14 bits per heavy atom. The molecule has 9 heteroatoms. The van der Waals surface area contributed by atoms with Gasteiger partial charge in [-0.3, -0.25) is 14.2 Å². The van der Waals surface area contributed by atoms with Crippen molar-refractivity contribution in [1.29, 1.82) is 0 Å². The highest BCUT2D eigenvalue weighted by Crippen LogP contribution is 2.20. The number of aryl methyl sites for hydroxylation is 1. The molecule has 3 heterocycles. The molecular weight excluding hydrogens is 406 g/mol.